The fourth-order valence-electron chi connectivity index (χ4n) is 3.34. The summed E-state index contributed by atoms with van der Waals surface area (Å²) < 4.78 is 0. The van der Waals surface area contributed by atoms with Crippen molar-refractivity contribution in [1.82, 2.24) is 4.98 Å². The first-order valence-corrected chi connectivity index (χ1v) is 7.41. The quantitative estimate of drug-likeness (QED) is 0.901. The molecular weight excluding hydrogens is 246 g/mol. The average molecular weight is 271 g/mol. The van der Waals surface area contributed by atoms with Crippen LogP contribution in [0, 0.1) is 16.7 Å². The monoisotopic (exact) mass is 271 g/mol. The molecule has 3 heteroatoms. The normalized spacial score (nSPS) is 14.8. The molecule has 2 rings (SSSR count). The minimum Gasteiger partial charge on any atom is -0.364 e. The molecule has 1 aromatic rings. The van der Waals surface area contributed by atoms with E-state index in [-0.39, 0.29) is 11.0 Å². The van der Waals surface area contributed by atoms with Gasteiger partial charge >= 0.3 is 0 Å². The number of hydrogen-bond donors (Lipinski definition) is 1. The number of anilines is 1. The molecule has 0 fully saturated rings. The summed E-state index contributed by atoms with van der Waals surface area (Å²) in [5.41, 5.74) is 3.25. The maximum Gasteiger partial charge on any atom is 0.144 e. The van der Waals surface area contributed by atoms with Gasteiger partial charge in [0.1, 0.15) is 11.9 Å². The summed E-state index contributed by atoms with van der Waals surface area (Å²) in [5, 5.41) is 12.8. The van der Waals surface area contributed by atoms with Crippen molar-refractivity contribution < 1.29 is 0 Å². The Hall–Kier alpha value is -1.56. The van der Waals surface area contributed by atoms with Crippen molar-refractivity contribution in [2.45, 2.75) is 65.8 Å². The lowest BCUT2D eigenvalue weighted by atomic mass is 9.82. The molecule has 1 aliphatic carbocycles. The molecule has 1 heterocycles. The molecule has 0 radical (unpaired) electrons. The van der Waals surface area contributed by atoms with Crippen LogP contribution in [-0.2, 0) is 12.8 Å². The molecule has 1 aromatic heterocycles. The molecule has 0 saturated carbocycles. The topological polar surface area (TPSA) is 48.7 Å². The van der Waals surface area contributed by atoms with Crippen molar-refractivity contribution in [2.24, 2.45) is 5.41 Å². The van der Waals surface area contributed by atoms with Crippen LogP contribution in [0.2, 0.25) is 0 Å². The van der Waals surface area contributed by atoms with Gasteiger partial charge in [-0.05, 0) is 56.6 Å². The SMILES string of the molecule is CC(C)(C)CC(C)(C)Nc1nc2c(cc1C#N)CCC2. The lowest BCUT2D eigenvalue weighted by molar-refractivity contribution is 0.302. The molecule has 0 unspecified atom stereocenters. The second-order valence-electron chi connectivity index (χ2n) is 7.70. The maximum atomic E-state index is 9.35. The fraction of sp³-hybridized carbons (Fsp3) is 0.647. The van der Waals surface area contributed by atoms with Gasteiger partial charge in [-0.3, -0.25) is 0 Å². The molecule has 0 aromatic carbocycles. The van der Waals surface area contributed by atoms with E-state index in [1.54, 1.807) is 0 Å². The molecule has 20 heavy (non-hydrogen) atoms. The molecular formula is C17H25N3. The van der Waals surface area contributed by atoms with E-state index in [9.17, 15) is 5.26 Å². The zero-order valence-corrected chi connectivity index (χ0v) is 13.3. The Morgan fingerprint density at radius 1 is 1.25 bits per heavy atom. The zero-order chi connectivity index (χ0) is 15.0. The molecule has 0 spiro atoms. The van der Waals surface area contributed by atoms with Crippen molar-refractivity contribution in [1.29, 1.82) is 5.26 Å². The predicted octanol–water partition coefficient (Wildman–Crippen LogP) is 4.07. The Bertz CT molecular complexity index is 545. The molecule has 1 aliphatic rings. The highest BCUT2D eigenvalue weighted by molar-refractivity contribution is 5.56. The third-order valence-corrected chi connectivity index (χ3v) is 3.60. The summed E-state index contributed by atoms with van der Waals surface area (Å²) in [6, 6.07) is 4.30. The minimum absolute atomic E-state index is 0.0797. The maximum absolute atomic E-state index is 9.35. The van der Waals surface area contributed by atoms with Crippen LogP contribution >= 0.6 is 0 Å². The highest BCUT2D eigenvalue weighted by Crippen LogP contribution is 2.31. The number of nitrogens with one attached hydrogen (secondary N) is 1. The van der Waals surface area contributed by atoms with E-state index in [1.807, 2.05) is 6.07 Å². The Kier molecular flexibility index (Phi) is 3.77. The largest absolute Gasteiger partial charge is 0.364 e. The van der Waals surface area contributed by atoms with Crippen molar-refractivity contribution in [3.05, 3.63) is 22.9 Å². The fourth-order valence-corrected chi connectivity index (χ4v) is 3.34. The van der Waals surface area contributed by atoms with E-state index in [1.165, 1.54) is 5.56 Å². The Labute approximate surface area is 122 Å². The van der Waals surface area contributed by atoms with E-state index in [0.717, 1.165) is 37.2 Å². The van der Waals surface area contributed by atoms with Crippen molar-refractivity contribution >= 4 is 5.82 Å². The minimum atomic E-state index is -0.0797. The van der Waals surface area contributed by atoms with Crippen LogP contribution in [0.4, 0.5) is 5.82 Å². The van der Waals surface area contributed by atoms with Gasteiger partial charge in [-0.2, -0.15) is 5.26 Å². The molecule has 1 N–H and O–H groups in total. The van der Waals surface area contributed by atoms with Crippen LogP contribution < -0.4 is 5.32 Å². The average Bonchev–Trinajstić information content (AvgIpc) is 2.70. The Morgan fingerprint density at radius 2 is 1.95 bits per heavy atom. The molecule has 3 nitrogen and oxygen atoms in total. The van der Waals surface area contributed by atoms with Gasteiger partial charge in [0.2, 0.25) is 0 Å². The van der Waals surface area contributed by atoms with Crippen molar-refractivity contribution in [3.63, 3.8) is 0 Å². The molecule has 108 valence electrons. The van der Waals surface area contributed by atoms with E-state index in [2.05, 4.69) is 46.0 Å². The molecule has 0 aliphatic heterocycles. The van der Waals surface area contributed by atoms with Crippen LogP contribution in [0.3, 0.4) is 0 Å². The van der Waals surface area contributed by atoms with Gasteiger partial charge in [0.25, 0.3) is 0 Å². The van der Waals surface area contributed by atoms with Gasteiger partial charge in [0.05, 0.1) is 5.56 Å². The summed E-state index contributed by atoms with van der Waals surface area (Å²) in [6.45, 7) is 11.1. The number of nitrogens with zero attached hydrogens (tertiary/aromatic N) is 2. The first kappa shape index (κ1) is 14.8. The summed E-state index contributed by atoms with van der Waals surface area (Å²) in [4.78, 5) is 4.71. The smallest absolute Gasteiger partial charge is 0.144 e. The van der Waals surface area contributed by atoms with Gasteiger partial charge in [-0.1, -0.05) is 20.8 Å². The highest BCUT2D eigenvalue weighted by Gasteiger charge is 2.27. The van der Waals surface area contributed by atoms with Gasteiger partial charge in [0.15, 0.2) is 0 Å². The number of pyridine rings is 1. The Balaban J connectivity index is 2.27. The zero-order valence-electron chi connectivity index (χ0n) is 13.3. The Morgan fingerprint density at radius 3 is 2.55 bits per heavy atom. The van der Waals surface area contributed by atoms with Crippen molar-refractivity contribution in [2.75, 3.05) is 5.32 Å². The van der Waals surface area contributed by atoms with Gasteiger partial charge in [-0.15, -0.1) is 0 Å². The number of fused-ring (bicyclic) bond motifs is 1. The second-order valence-corrected chi connectivity index (χ2v) is 7.70. The number of hydrogen-bond acceptors (Lipinski definition) is 3. The number of aryl methyl sites for hydroxylation is 2. The van der Waals surface area contributed by atoms with E-state index < -0.39 is 0 Å². The lowest BCUT2D eigenvalue weighted by Crippen LogP contribution is -2.36. The molecule has 0 atom stereocenters. The summed E-state index contributed by atoms with van der Waals surface area (Å²) in [6.07, 6.45) is 4.27. The van der Waals surface area contributed by atoms with E-state index >= 15 is 0 Å². The van der Waals surface area contributed by atoms with Crippen LogP contribution in [0.1, 0.15) is 64.3 Å². The lowest BCUT2D eigenvalue weighted by Gasteiger charge is -2.34. The highest BCUT2D eigenvalue weighted by atomic mass is 15.1. The first-order chi connectivity index (χ1) is 9.20. The standard InChI is InChI=1S/C17H25N3/c1-16(2,3)11-17(4,5)20-15-13(10-18)9-12-7-6-8-14(12)19-15/h9H,6-8,11H2,1-5H3,(H,19,20). The van der Waals surface area contributed by atoms with Crippen LogP contribution in [0.15, 0.2) is 6.07 Å². The third kappa shape index (κ3) is 3.50. The molecule has 0 saturated heterocycles. The van der Waals surface area contributed by atoms with Crippen LogP contribution in [-0.4, -0.2) is 10.5 Å². The molecule has 0 amide bonds. The number of nitriles is 1. The summed E-state index contributed by atoms with van der Waals surface area (Å²) in [7, 11) is 0. The predicted molar refractivity (Wildman–Crippen MR) is 82.8 cm³/mol. The van der Waals surface area contributed by atoms with E-state index in [0.29, 0.717) is 5.56 Å². The summed E-state index contributed by atoms with van der Waals surface area (Å²) in [5.74, 6) is 0.752. The third-order valence-electron chi connectivity index (χ3n) is 3.60. The van der Waals surface area contributed by atoms with E-state index in [4.69, 9.17) is 4.98 Å². The molecule has 0 bridgehead atoms. The van der Waals surface area contributed by atoms with Gasteiger partial charge < -0.3 is 5.32 Å². The number of rotatable bonds is 3. The number of aromatic nitrogens is 1. The van der Waals surface area contributed by atoms with Gasteiger partial charge in [-0.25, -0.2) is 4.98 Å². The van der Waals surface area contributed by atoms with Crippen LogP contribution in [0.25, 0.3) is 0 Å². The van der Waals surface area contributed by atoms with Gasteiger partial charge in [0, 0.05) is 11.2 Å². The van der Waals surface area contributed by atoms with Crippen LogP contribution in [0.5, 0.6) is 0 Å². The second kappa shape index (κ2) is 5.09. The first-order valence-electron chi connectivity index (χ1n) is 7.41. The summed E-state index contributed by atoms with van der Waals surface area (Å²) >= 11 is 0. The van der Waals surface area contributed by atoms with Crippen molar-refractivity contribution in [3.8, 4) is 6.07 Å².